The maximum Gasteiger partial charge on any atom is 0.0462 e. The van der Waals surface area contributed by atoms with E-state index in [2.05, 4.69) is 266 Å². The summed E-state index contributed by atoms with van der Waals surface area (Å²) in [5.74, 6) is 0. The van der Waals surface area contributed by atoms with Gasteiger partial charge in [-0.3, -0.25) is 0 Å². The largest absolute Gasteiger partial charge is 0.311 e. The van der Waals surface area contributed by atoms with Crippen LogP contribution in [0.25, 0.3) is 98.7 Å². The normalized spacial score (nSPS) is 11.4. The van der Waals surface area contributed by atoms with Crippen LogP contribution in [0.1, 0.15) is 0 Å². The predicted octanol–water partition coefficient (Wildman–Crippen LogP) is 18.1. The Hall–Kier alpha value is -8.52. The van der Waals surface area contributed by atoms with Crippen molar-refractivity contribution in [1.29, 1.82) is 0 Å². The van der Waals surface area contributed by atoms with E-state index in [0.717, 1.165) is 17.1 Å². The first-order valence-corrected chi connectivity index (χ1v) is 22.4. The van der Waals surface area contributed by atoms with E-state index in [-0.39, 0.29) is 0 Å². The Morgan fingerprint density at radius 3 is 1.28 bits per heavy atom. The maximum absolute atomic E-state index is 2.37. The zero-order valence-electron chi connectivity index (χ0n) is 35.8. The molecule has 0 aromatic heterocycles. The van der Waals surface area contributed by atoms with Crippen LogP contribution in [0.15, 0.2) is 261 Å². The third-order valence-corrected chi connectivity index (χ3v) is 13.1. The molecule has 0 fully saturated rings. The number of hydrogen-bond acceptors (Lipinski definition) is 1. The third-order valence-electron chi connectivity index (χ3n) is 13.1. The van der Waals surface area contributed by atoms with Crippen LogP contribution >= 0.6 is 0 Å². The van der Waals surface area contributed by atoms with E-state index in [1.807, 2.05) is 0 Å². The number of rotatable bonds is 8. The van der Waals surface area contributed by atoms with Gasteiger partial charge in [-0.15, -0.1) is 0 Å². The van der Waals surface area contributed by atoms with Crippen LogP contribution in [0.5, 0.6) is 0 Å². The fourth-order valence-corrected chi connectivity index (χ4v) is 9.78. The summed E-state index contributed by atoms with van der Waals surface area (Å²) in [4.78, 5) is 2.37. The molecule has 0 aliphatic rings. The van der Waals surface area contributed by atoms with Gasteiger partial charge in [0, 0.05) is 17.1 Å². The smallest absolute Gasteiger partial charge is 0.0462 e. The van der Waals surface area contributed by atoms with Gasteiger partial charge in [0.2, 0.25) is 0 Å². The molecule has 0 unspecified atom stereocenters. The first kappa shape index (κ1) is 38.2. The van der Waals surface area contributed by atoms with Crippen LogP contribution in [-0.2, 0) is 0 Å². The topological polar surface area (TPSA) is 3.24 Å². The van der Waals surface area contributed by atoms with Crippen LogP contribution in [0.3, 0.4) is 0 Å². The van der Waals surface area contributed by atoms with Crippen molar-refractivity contribution in [3.05, 3.63) is 261 Å². The van der Waals surface area contributed by atoms with E-state index in [1.54, 1.807) is 0 Å². The highest BCUT2D eigenvalue weighted by molar-refractivity contribution is 6.08. The standard InChI is InChI=1S/C64H43N/c1-2-14-52(15-3-1)64-62-19-9-6-13-49(62)33-42-63(64)51-31-39-57(40-32-51)65(56-37-29-46(30-38-56)53-34-41-61-54(43-53)26-25-48-12-5-8-18-59(48)61)55-35-27-45(28-36-55)44-21-23-50(24-22-44)60-20-10-16-47-11-4-7-17-58(47)60/h1-43H. The number of anilines is 3. The minimum atomic E-state index is 1.09. The molecule has 0 amide bonds. The first-order valence-electron chi connectivity index (χ1n) is 22.4. The van der Waals surface area contributed by atoms with E-state index in [1.165, 1.54) is 98.7 Å². The second-order valence-corrected chi connectivity index (χ2v) is 16.9. The van der Waals surface area contributed by atoms with Gasteiger partial charge in [0.15, 0.2) is 0 Å². The molecule has 1 nitrogen and oxygen atoms in total. The number of nitrogens with zero attached hydrogens (tertiary/aromatic N) is 1. The SMILES string of the molecule is c1ccc(-c2c(-c3ccc(N(c4ccc(-c5ccc(-c6cccc7ccccc67)cc5)cc4)c4ccc(-c5ccc6c(ccc7ccccc76)c5)cc4)cc3)ccc3ccccc23)cc1. The lowest BCUT2D eigenvalue weighted by molar-refractivity contribution is 1.28. The second-order valence-electron chi connectivity index (χ2n) is 16.9. The highest BCUT2D eigenvalue weighted by atomic mass is 15.1. The lowest BCUT2D eigenvalue weighted by atomic mass is 9.90. The number of hydrogen-bond donors (Lipinski definition) is 0. The van der Waals surface area contributed by atoms with E-state index in [9.17, 15) is 0 Å². The maximum atomic E-state index is 2.37. The quantitative estimate of drug-likeness (QED) is 0.138. The molecule has 0 radical (unpaired) electrons. The van der Waals surface area contributed by atoms with Crippen LogP contribution in [0.2, 0.25) is 0 Å². The summed E-state index contributed by atoms with van der Waals surface area (Å²) in [5.41, 5.74) is 15.4. The molecular weight excluding hydrogens is 783 g/mol. The second kappa shape index (κ2) is 16.3. The molecule has 0 atom stereocenters. The Morgan fingerprint density at radius 1 is 0.200 bits per heavy atom. The van der Waals surface area contributed by atoms with Crippen molar-refractivity contribution in [3.8, 4) is 55.6 Å². The van der Waals surface area contributed by atoms with Crippen LogP contribution in [0, 0.1) is 0 Å². The fourth-order valence-electron chi connectivity index (χ4n) is 9.78. The van der Waals surface area contributed by atoms with Crippen LogP contribution < -0.4 is 4.90 Å². The molecule has 65 heavy (non-hydrogen) atoms. The van der Waals surface area contributed by atoms with Gasteiger partial charge in [-0.1, -0.05) is 218 Å². The number of benzene rings is 12. The molecule has 12 rings (SSSR count). The molecule has 1 heteroatoms. The molecule has 12 aromatic rings. The molecule has 0 saturated carbocycles. The summed E-state index contributed by atoms with van der Waals surface area (Å²) >= 11 is 0. The zero-order valence-corrected chi connectivity index (χ0v) is 35.8. The summed E-state index contributed by atoms with van der Waals surface area (Å²) < 4.78 is 0. The van der Waals surface area contributed by atoms with Crippen molar-refractivity contribution in [1.82, 2.24) is 0 Å². The van der Waals surface area contributed by atoms with Crippen molar-refractivity contribution in [2.24, 2.45) is 0 Å². The third kappa shape index (κ3) is 7.10. The molecular formula is C64H43N. The average molecular weight is 826 g/mol. The first-order chi connectivity index (χ1) is 32.2. The fraction of sp³-hybridized carbons (Fsp3) is 0. The molecule has 0 aliphatic heterocycles. The van der Waals surface area contributed by atoms with Crippen molar-refractivity contribution >= 4 is 60.2 Å². The summed E-state index contributed by atoms with van der Waals surface area (Å²) in [6.07, 6.45) is 0. The summed E-state index contributed by atoms with van der Waals surface area (Å²) in [6, 6.07) is 95.2. The van der Waals surface area contributed by atoms with Gasteiger partial charge in [0.05, 0.1) is 0 Å². The van der Waals surface area contributed by atoms with Crippen molar-refractivity contribution < 1.29 is 0 Å². The lowest BCUT2D eigenvalue weighted by Crippen LogP contribution is -2.09. The van der Waals surface area contributed by atoms with Gasteiger partial charge in [-0.25, -0.2) is 0 Å². The minimum Gasteiger partial charge on any atom is -0.311 e. The summed E-state index contributed by atoms with van der Waals surface area (Å²) in [5, 5.41) is 10.1. The van der Waals surface area contributed by atoms with Crippen LogP contribution in [0.4, 0.5) is 17.1 Å². The van der Waals surface area contributed by atoms with Crippen LogP contribution in [-0.4, -0.2) is 0 Å². The van der Waals surface area contributed by atoms with Crippen molar-refractivity contribution in [2.45, 2.75) is 0 Å². The molecule has 304 valence electrons. The Morgan fingerprint density at radius 2 is 0.615 bits per heavy atom. The Labute approximate surface area is 379 Å². The minimum absolute atomic E-state index is 1.09. The molecule has 0 saturated heterocycles. The van der Waals surface area contributed by atoms with Crippen molar-refractivity contribution in [2.75, 3.05) is 4.90 Å². The zero-order chi connectivity index (χ0) is 43.1. The molecule has 0 spiro atoms. The Balaban J connectivity index is 0.910. The van der Waals surface area contributed by atoms with E-state index >= 15 is 0 Å². The lowest BCUT2D eigenvalue weighted by Gasteiger charge is -2.26. The Kier molecular flexibility index (Phi) is 9.58. The predicted molar refractivity (Wildman–Crippen MR) is 278 cm³/mol. The number of fused-ring (bicyclic) bond motifs is 5. The highest BCUT2D eigenvalue weighted by Crippen LogP contribution is 2.42. The van der Waals surface area contributed by atoms with Gasteiger partial charge < -0.3 is 4.90 Å². The van der Waals surface area contributed by atoms with Gasteiger partial charge in [0.25, 0.3) is 0 Å². The van der Waals surface area contributed by atoms with E-state index in [0.29, 0.717) is 0 Å². The molecule has 0 heterocycles. The molecule has 12 aromatic carbocycles. The van der Waals surface area contributed by atoms with E-state index in [4.69, 9.17) is 0 Å². The highest BCUT2D eigenvalue weighted by Gasteiger charge is 2.17. The summed E-state index contributed by atoms with van der Waals surface area (Å²) in [6.45, 7) is 0. The van der Waals surface area contributed by atoms with E-state index < -0.39 is 0 Å². The van der Waals surface area contributed by atoms with Crippen molar-refractivity contribution in [3.63, 3.8) is 0 Å². The monoisotopic (exact) mass is 825 g/mol. The molecule has 0 bridgehead atoms. The average Bonchev–Trinajstić information content (AvgIpc) is 3.39. The molecule has 0 N–H and O–H groups in total. The summed E-state index contributed by atoms with van der Waals surface area (Å²) in [7, 11) is 0. The van der Waals surface area contributed by atoms with Gasteiger partial charge in [-0.2, -0.15) is 0 Å². The Bertz CT molecular complexity index is 3660. The van der Waals surface area contributed by atoms with Gasteiger partial charge in [0.1, 0.15) is 0 Å². The van der Waals surface area contributed by atoms with Gasteiger partial charge >= 0.3 is 0 Å². The molecule has 0 aliphatic carbocycles. The van der Waals surface area contributed by atoms with Gasteiger partial charge in [-0.05, 0) is 141 Å².